The number of hydrogen-bond donors (Lipinski definition) is 2. The average Bonchev–Trinajstić information content (AvgIpc) is 2.99. The Morgan fingerprint density at radius 2 is 1.27 bits per heavy atom. The largest absolute Gasteiger partial charge is 0.355 e. The summed E-state index contributed by atoms with van der Waals surface area (Å²) < 4.78 is 0. The number of nitrogens with one attached hydrogen (secondary N) is 2. The maximum Gasteiger partial charge on any atom is 0.192 e. The second-order valence-corrected chi connectivity index (χ2v) is 5.32. The molecular formula is C18H18ClN3. The minimum atomic E-state index is 0. The zero-order chi connectivity index (χ0) is 14.1. The molecule has 2 aromatic carbocycles. The molecule has 2 aliphatic rings. The van der Waals surface area contributed by atoms with Crippen LogP contribution in [0.4, 0.5) is 0 Å². The van der Waals surface area contributed by atoms with Gasteiger partial charge in [-0.1, -0.05) is 60.7 Å². The number of hydrogen-bond acceptors (Lipinski definition) is 1. The summed E-state index contributed by atoms with van der Waals surface area (Å²) in [5, 5.41) is 6.61. The van der Waals surface area contributed by atoms with E-state index < -0.39 is 0 Å². The van der Waals surface area contributed by atoms with E-state index in [0.717, 1.165) is 19.0 Å². The number of rotatable bonds is 1. The van der Waals surface area contributed by atoms with Gasteiger partial charge in [-0.15, -0.1) is 12.4 Å². The van der Waals surface area contributed by atoms with Gasteiger partial charge >= 0.3 is 0 Å². The molecule has 0 atom stereocenters. The molecule has 0 unspecified atom stereocenters. The van der Waals surface area contributed by atoms with Gasteiger partial charge < -0.3 is 10.6 Å². The second-order valence-electron chi connectivity index (χ2n) is 5.32. The smallest absolute Gasteiger partial charge is 0.192 e. The Morgan fingerprint density at radius 1 is 0.773 bits per heavy atom. The molecule has 1 aliphatic carbocycles. The van der Waals surface area contributed by atoms with Crippen molar-refractivity contribution in [2.75, 3.05) is 13.1 Å². The molecule has 0 saturated carbocycles. The minimum Gasteiger partial charge on any atom is -0.355 e. The van der Waals surface area contributed by atoms with E-state index >= 15 is 0 Å². The summed E-state index contributed by atoms with van der Waals surface area (Å²) in [7, 11) is 0. The molecule has 1 heterocycles. The van der Waals surface area contributed by atoms with Gasteiger partial charge in [0, 0.05) is 13.1 Å². The summed E-state index contributed by atoms with van der Waals surface area (Å²) in [5.41, 5.74) is 4.98. The van der Waals surface area contributed by atoms with Gasteiger partial charge in [0.25, 0.3) is 0 Å². The van der Waals surface area contributed by atoms with Crippen molar-refractivity contribution in [2.24, 2.45) is 4.99 Å². The van der Waals surface area contributed by atoms with Crippen LogP contribution in [-0.2, 0) is 0 Å². The lowest BCUT2D eigenvalue weighted by Gasteiger charge is -2.17. The van der Waals surface area contributed by atoms with E-state index in [1.165, 1.54) is 22.3 Å². The van der Waals surface area contributed by atoms with Crippen molar-refractivity contribution < 1.29 is 0 Å². The summed E-state index contributed by atoms with van der Waals surface area (Å²) in [4.78, 5) is 4.93. The van der Waals surface area contributed by atoms with Crippen LogP contribution >= 0.6 is 12.4 Å². The molecule has 112 valence electrons. The predicted molar refractivity (Wildman–Crippen MR) is 94.3 cm³/mol. The van der Waals surface area contributed by atoms with Crippen LogP contribution in [0.15, 0.2) is 53.5 Å². The molecule has 4 rings (SSSR count). The molecule has 1 saturated heterocycles. The Labute approximate surface area is 136 Å². The molecule has 0 bridgehead atoms. The summed E-state index contributed by atoms with van der Waals surface area (Å²) in [6.07, 6.45) is 4.37. The van der Waals surface area contributed by atoms with Gasteiger partial charge in [-0.25, -0.2) is 4.99 Å². The molecule has 1 aliphatic heterocycles. The third kappa shape index (κ3) is 2.60. The van der Waals surface area contributed by atoms with Gasteiger partial charge in [0.15, 0.2) is 5.96 Å². The number of guanidine groups is 1. The molecule has 0 spiro atoms. The predicted octanol–water partition coefficient (Wildman–Crippen LogP) is 3.23. The third-order valence-electron chi connectivity index (χ3n) is 3.99. The fraction of sp³-hybridized carbons (Fsp3) is 0.167. The van der Waals surface area contributed by atoms with E-state index in [4.69, 9.17) is 4.99 Å². The highest BCUT2D eigenvalue weighted by atomic mass is 35.5. The van der Waals surface area contributed by atoms with Gasteiger partial charge in [-0.05, 0) is 22.3 Å². The fourth-order valence-electron chi connectivity index (χ4n) is 2.95. The second kappa shape index (κ2) is 6.24. The van der Waals surface area contributed by atoms with E-state index in [9.17, 15) is 0 Å². The highest BCUT2D eigenvalue weighted by Gasteiger charge is 2.21. The van der Waals surface area contributed by atoms with E-state index in [1.807, 2.05) is 0 Å². The van der Waals surface area contributed by atoms with Crippen molar-refractivity contribution in [3.05, 3.63) is 70.8 Å². The van der Waals surface area contributed by atoms with E-state index in [0.29, 0.717) is 0 Å². The highest BCUT2D eigenvalue weighted by Crippen LogP contribution is 2.35. The monoisotopic (exact) mass is 311 g/mol. The fourth-order valence-corrected chi connectivity index (χ4v) is 2.95. The van der Waals surface area contributed by atoms with Crippen molar-refractivity contribution in [1.29, 1.82) is 0 Å². The zero-order valence-corrected chi connectivity index (χ0v) is 12.9. The van der Waals surface area contributed by atoms with E-state index in [-0.39, 0.29) is 18.4 Å². The normalized spacial score (nSPS) is 15.7. The first-order chi connectivity index (χ1) is 10.4. The van der Waals surface area contributed by atoms with Gasteiger partial charge in [-0.3, -0.25) is 0 Å². The Morgan fingerprint density at radius 3 is 1.82 bits per heavy atom. The molecule has 1 fully saturated rings. The van der Waals surface area contributed by atoms with Gasteiger partial charge in [0.2, 0.25) is 0 Å². The lowest BCUT2D eigenvalue weighted by molar-refractivity contribution is 0.852. The van der Waals surface area contributed by atoms with Crippen molar-refractivity contribution >= 4 is 30.5 Å². The van der Waals surface area contributed by atoms with Crippen LogP contribution in [0.1, 0.15) is 28.3 Å². The molecule has 22 heavy (non-hydrogen) atoms. The van der Waals surface area contributed by atoms with Gasteiger partial charge in [-0.2, -0.15) is 0 Å². The molecule has 0 radical (unpaired) electrons. The van der Waals surface area contributed by atoms with Crippen LogP contribution in [0, 0.1) is 0 Å². The third-order valence-corrected chi connectivity index (χ3v) is 3.99. The number of fused-ring (bicyclic) bond motifs is 2. The molecule has 2 aromatic rings. The molecule has 0 aromatic heterocycles. The molecule has 4 heteroatoms. The highest BCUT2D eigenvalue weighted by molar-refractivity contribution is 5.85. The van der Waals surface area contributed by atoms with Gasteiger partial charge in [0.1, 0.15) is 6.04 Å². The zero-order valence-electron chi connectivity index (χ0n) is 12.1. The summed E-state index contributed by atoms with van der Waals surface area (Å²) >= 11 is 0. The lowest BCUT2D eigenvalue weighted by Crippen LogP contribution is -2.25. The first kappa shape index (κ1) is 14.7. The number of nitrogens with zero attached hydrogens (tertiary/aromatic N) is 1. The number of halogens is 1. The van der Waals surface area contributed by atoms with Crippen molar-refractivity contribution in [1.82, 2.24) is 10.6 Å². The summed E-state index contributed by atoms with van der Waals surface area (Å²) in [6, 6.07) is 17.0. The first-order valence-electron chi connectivity index (χ1n) is 7.33. The van der Waals surface area contributed by atoms with Crippen LogP contribution in [0.3, 0.4) is 0 Å². The van der Waals surface area contributed by atoms with E-state index in [1.54, 1.807) is 0 Å². The Balaban J connectivity index is 0.00000144. The Bertz CT molecular complexity index is 679. The molecular weight excluding hydrogens is 294 g/mol. The Hall–Kier alpha value is -2.26. The summed E-state index contributed by atoms with van der Waals surface area (Å²) in [6.45, 7) is 1.88. The van der Waals surface area contributed by atoms with Crippen LogP contribution in [0.5, 0.6) is 0 Å². The van der Waals surface area contributed by atoms with Crippen molar-refractivity contribution in [2.45, 2.75) is 6.04 Å². The minimum absolute atomic E-state index is 0. The van der Waals surface area contributed by atoms with Crippen LogP contribution in [0.2, 0.25) is 0 Å². The molecule has 3 nitrogen and oxygen atoms in total. The maximum absolute atomic E-state index is 4.93. The standard InChI is InChI=1S/C18H17N3.ClH/c1-3-7-15-13(5-1)9-10-14-6-2-4-8-16(14)17(15)21-18-19-11-12-20-18;/h1-10,17H,11-12H2,(H2,19,20,21);1H. The Kier molecular flexibility index (Phi) is 4.16. The quantitative estimate of drug-likeness (QED) is 0.848. The van der Waals surface area contributed by atoms with Gasteiger partial charge in [0.05, 0.1) is 0 Å². The SMILES string of the molecule is C1=Cc2ccccc2C(N=C2NCCN2)c2ccccc21.Cl. The lowest BCUT2D eigenvalue weighted by atomic mass is 9.95. The van der Waals surface area contributed by atoms with E-state index in [2.05, 4.69) is 71.3 Å². The first-order valence-corrected chi connectivity index (χ1v) is 7.33. The van der Waals surface area contributed by atoms with Crippen LogP contribution in [-0.4, -0.2) is 19.0 Å². The number of benzene rings is 2. The topological polar surface area (TPSA) is 36.4 Å². The van der Waals surface area contributed by atoms with Crippen molar-refractivity contribution in [3.63, 3.8) is 0 Å². The maximum atomic E-state index is 4.93. The molecule has 2 N–H and O–H groups in total. The van der Waals surface area contributed by atoms with Crippen LogP contribution in [0.25, 0.3) is 12.2 Å². The average molecular weight is 312 g/mol. The van der Waals surface area contributed by atoms with Crippen LogP contribution < -0.4 is 10.6 Å². The molecule has 0 amide bonds. The number of aliphatic imine (C=N–C) groups is 1. The van der Waals surface area contributed by atoms with Crippen molar-refractivity contribution in [3.8, 4) is 0 Å². The summed E-state index contributed by atoms with van der Waals surface area (Å²) in [5.74, 6) is 0.895.